The molecule has 0 saturated heterocycles. The molecule has 0 spiro atoms. The second-order valence-electron chi connectivity index (χ2n) is 4.80. The van der Waals surface area contributed by atoms with Crippen molar-refractivity contribution in [2.24, 2.45) is 0 Å². The van der Waals surface area contributed by atoms with Crippen LogP contribution in [0.5, 0.6) is 0 Å². The Bertz CT molecular complexity index is 647. The van der Waals surface area contributed by atoms with Gasteiger partial charge in [0.25, 0.3) is 15.0 Å². The minimum absolute atomic E-state index is 0.00377. The molecular formula is C13H16BrCl2NO3S. The number of halogens is 3. The van der Waals surface area contributed by atoms with E-state index in [2.05, 4.69) is 15.9 Å². The van der Waals surface area contributed by atoms with E-state index in [0.29, 0.717) is 6.54 Å². The molecule has 8 heteroatoms. The van der Waals surface area contributed by atoms with Gasteiger partial charge in [0.2, 0.25) is 0 Å². The van der Waals surface area contributed by atoms with Crippen LogP contribution in [0.3, 0.4) is 0 Å². The average Bonchev–Trinajstić information content (AvgIpc) is 2.36. The maximum Gasteiger partial charge on any atom is 0.262 e. The molecule has 0 atom stereocenters. The molecule has 1 amide bonds. The minimum atomic E-state index is -4.00. The molecule has 0 aliphatic heterocycles. The number of hydrogen-bond acceptors (Lipinski definition) is 3. The molecule has 0 saturated carbocycles. The van der Waals surface area contributed by atoms with Gasteiger partial charge in [-0.05, 0) is 48.3 Å². The van der Waals surface area contributed by atoms with E-state index in [0.717, 1.165) is 6.42 Å². The monoisotopic (exact) mass is 415 g/mol. The fourth-order valence-corrected chi connectivity index (χ4v) is 4.25. The van der Waals surface area contributed by atoms with Crippen LogP contribution in [0, 0.1) is 0 Å². The van der Waals surface area contributed by atoms with Gasteiger partial charge in [-0.25, -0.2) is 8.42 Å². The van der Waals surface area contributed by atoms with E-state index in [1.54, 1.807) is 4.90 Å². The Labute approximate surface area is 143 Å². The Kier molecular flexibility index (Phi) is 6.53. The van der Waals surface area contributed by atoms with Gasteiger partial charge in [0.15, 0.2) is 0 Å². The highest BCUT2D eigenvalue weighted by Gasteiger charge is 2.24. The molecule has 118 valence electrons. The number of nitrogens with zero attached hydrogens (tertiary/aromatic N) is 1. The van der Waals surface area contributed by atoms with Crippen molar-refractivity contribution in [1.29, 1.82) is 0 Å². The van der Waals surface area contributed by atoms with E-state index in [-0.39, 0.29) is 31.9 Å². The van der Waals surface area contributed by atoms with E-state index >= 15 is 0 Å². The number of hydrogen-bond donors (Lipinski definition) is 0. The summed E-state index contributed by atoms with van der Waals surface area (Å²) in [6.07, 6.45) is 0.800. The van der Waals surface area contributed by atoms with E-state index in [1.807, 2.05) is 20.8 Å². The third-order valence-corrected chi connectivity index (χ3v) is 5.84. The third kappa shape index (κ3) is 4.58. The van der Waals surface area contributed by atoms with Gasteiger partial charge in [0, 0.05) is 28.8 Å². The molecule has 1 rings (SSSR count). The summed E-state index contributed by atoms with van der Waals surface area (Å²) in [6, 6.07) is 2.67. The molecule has 0 N–H and O–H groups in total. The maximum atomic E-state index is 12.5. The van der Waals surface area contributed by atoms with E-state index in [4.69, 9.17) is 22.3 Å². The molecule has 0 aliphatic carbocycles. The first-order valence-corrected chi connectivity index (χ1v) is 9.82. The van der Waals surface area contributed by atoms with Gasteiger partial charge >= 0.3 is 0 Å². The molecular weight excluding hydrogens is 401 g/mol. The first kappa shape index (κ1) is 18.7. The highest BCUT2D eigenvalue weighted by Crippen LogP contribution is 2.33. The number of carbonyl (C=O) groups excluding carboxylic acids is 1. The van der Waals surface area contributed by atoms with Gasteiger partial charge in [-0.3, -0.25) is 4.79 Å². The Morgan fingerprint density at radius 1 is 1.38 bits per heavy atom. The average molecular weight is 417 g/mol. The Balaban J connectivity index is 3.38. The lowest BCUT2D eigenvalue weighted by molar-refractivity contribution is 0.0705. The van der Waals surface area contributed by atoms with E-state index in [9.17, 15) is 13.2 Å². The number of amides is 1. The lowest BCUT2D eigenvalue weighted by Gasteiger charge is -2.26. The summed E-state index contributed by atoms with van der Waals surface area (Å²) in [4.78, 5) is 14.0. The van der Waals surface area contributed by atoms with Crippen LogP contribution in [-0.4, -0.2) is 31.8 Å². The predicted molar refractivity (Wildman–Crippen MR) is 88.7 cm³/mol. The highest BCUT2D eigenvalue weighted by molar-refractivity contribution is 9.10. The Morgan fingerprint density at radius 2 is 1.95 bits per heavy atom. The summed E-state index contributed by atoms with van der Waals surface area (Å²) >= 11 is 9.07. The van der Waals surface area contributed by atoms with Crippen molar-refractivity contribution in [3.63, 3.8) is 0 Å². The van der Waals surface area contributed by atoms with E-state index in [1.165, 1.54) is 12.1 Å². The lowest BCUT2D eigenvalue weighted by atomic mass is 10.1. The highest BCUT2D eigenvalue weighted by atomic mass is 79.9. The first-order valence-electron chi connectivity index (χ1n) is 6.34. The van der Waals surface area contributed by atoms with Crippen LogP contribution < -0.4 is 0 Å². The normalized spacial score (nSPS) is 11.8. The Morgan fingerprint density at radius 3 is 2.38 bits per heavy atom. The van der Waals surface area contributed by atoms with Crippen molar-refractivity contribution < 1.29 is 13.2 Å². The number of carbonyl (C=O) groups is 1. The zero-order valence-electron chi connectivity index (χ0n) is 11.9. The zero-order chi connectivity index (χ0) is 16.4. The van der Waals surface area contributed by atoms with Crippen molar-refractivity contribution in [2.45, 2.75) is 38.1 Å². The van der Waals surface area contributed by atoms with Crippen molar-refractivity contribution in [1.82, 2.24) is 4.90 Å². The van der Waals surface area contributed by atoms with Gasteiger partial charge in [0.05, 0.1) is 14.4 Å². The second kappa shape index (κ2) is 7.31. The first-order chi connectivity index (χ1) is 9.59. The maximum absolute atomic E-state index is 12.5. The van der Waals surface area contributed by atoms with Crippen molar-refractivity contribution in [3.8, 4) is 0 Å². The van der Waals surface area contributed by atoms with Crippen LogP contribution in [0.15, 0.2) is 21.5 Å². The van der Waals surface area contributed by atoms with Gasteiger partial charge in [-0.15, -0.1) is 0 Å². The summed E-state index contributed by atoms with van der Waals surface area (Å²) in [5.41, 5.74) is 0.199. The number of rotatable bonds is 5. The van der Waals surface area contributed by atoms with Crippen LogP contribution in [0.1, 0.15) is 37.6 Å². The topological polar surface area (TPSA) is 54.5 Å². The lowest BCUT2D eigenvalue weighted by Crippen LogP contribution is -2.37. The van der Waals surface area contributed by atoms with Crippen molar-refractivity contribution in [3.05, 3.63) is 27.2 Å². The van der Waals surface area contributed by atoms with Gasteiger partial charge < -0.3 is 4.90 Å². The van der Waals surface area contributed by atoms with E-state index < -0.39 is 9.05 Å². The minimum Gasteiger partial charge on any atom is -0.336 e. The summed E-state index contributed by atoms with van der Waals surface area (Å²) < 4.78 is 23.3. The zero-order valence-corrected chi connectivity index (χ0v) is 15.8. The molecule has 4 nitrogen and oxygen atoms in total. The molecule has 0 heterocycles. The standard InChI is InChI=1S/C13H16BrCl2NO3S/c1-4-5-17(8(2)3)13(18)9-6-10(15)12(14)11(7-9)21(16,19)20/h6-8H,4-5H2,1-3H3. The predicted octanol–water partition coefficient (Wildman–Crippen LogP) is 4.29. The third-order valence-electron chi connectivity index (χ3n) is 2.85. The molecule has 21 heavy (non-hydrogen) atoms. The van der Waals surface area contributed by atoms with Crippen LogP contribution >= 0.6 is 38.2 Å². The van der Waals surface area contributed by atoms with Gasteiger partial charge in [0.1, 0.15) is 0 Å². The molecule has 0 bridgehead atoms. The second-order valence-corrected chi connectivity index (χ2v) is 8.53. The molecule has 1 aromatic carbocycles. The molecule has 0 radical (unpaired) electrons. The van der Waals surface area contributed by atoms with Crippen LogP contribution in [0.4, 0.5) is 0 Å². The summed E-state index contributed by atoms with van der Waals surface area (Å²) in [7, 11) is 1.37. The smallest absolute Gasteiger partial charge is 0.262 e. The van der Waals surface area contributed by atoms with Gasteiger partial charge in [-0.1, -0.05) is 18.5 Å². The Hall–Kier alpha value is -0.300. The molecule has 1 aromatic rings. The van der Waals surface area contributed by atoms with Gasteiger partial charge in [-0.2, -0.15) is 0 Å². The fourth-order valence-electron chi connectivity index (χ4n) is 1.87. The summed E-state index contributed by atoms with van der Waals surface area (Å²) in [5, 5.41) is 0.125. The fraction of sp³-hybridized carbons (Fsp3) is 0.462. The largest absolute Gasteiger partial charge is 0.336 e. The van der Waals surface area contributed by atoms with Crippen LogP contribution in [-0.2, 0) is 9.05 Å². The number of benzene rings is 1. The molecule has 0 aromatic heterocycles. The van der Waals surface area contributed by atoms with Crippen molar-refractivity contribution in [2.75, 3.05) is 6.54 Å². The molecule has 0 unspecified atom stereocenters. The van der Waals surface area contributed by atoms with Crippen LogP contribution in [0.25, 0.3) is 0 Å². The molecule has 0 fully saturated rings. The van der Waals surface area contributed by atoms with Crippen molar-refractivity contribution >= 4 is 53.2 Å². The summed E-state index contributed by atoms with van der Waals surface area (Å²) in [6.45, 7) is 6.33. The quantitative estimate of drug-likeness (QED) is 0.672. The SMILES string of the molecule is CCCN(C(=O)c1cc(Cl)c(Br)c(S(=O)(=O)Cl)c1)C(C)C. The van der Waals surface area contributed by atoms with Crippen LogP contribution in [0.2, 0.25) is 5.02 Å². The summed E-state index contributed by atoms with van der Waals surface area (Å²) in [5.74, 6) is -0.275. The molecule has 0 aliphatic rings.